The van der Waals surface area contributed by atoms with E-state index >= 15 is 0 Å². The van der Waals surface area contributed by atoms with Crippen LogP contribution in [0.4, 0.5) is 0 Å². The Labute approximate surface area is 490 Å². The van der Waals surface area contributed by atoms with E-state index in [4.69, 9.17) is 5.73 Å². The van der Waals surface area contributed by atoms with Gasteiger partial charge in [-0.3, -0.25) is 43.2 Å². The van der Waals surface area contributed by atoms with Gasteiger partial charge in [-0.2, -0.15) is 0 Å². The molecule has 0 aromatic heterocycles. The Hall–Kier alpha value is -8.43. The van der Waals surface area contributed by atoms with Crippen molar-refractivity contribution in [2.24, 2.45) is 11.7 Å². The van der Waals surface area contributed by atoms with Crippen LogP contribution in [0.5, 0.6) is 5.75 Å². The number of benzene rings is 5. The predicted molar refractivity (Wildman–Crippen MR) is 319 cm³/mol. The van der Waals surface area contributed by atoms with Crippen molar-refractivity contribution in [1.29, 1.82) is 0 Å². The Balaban J connectivity index is 1.27. The summed E-state index contributed by atoms with van der Waals surface area (Å²) >= 11 is 0. The topological polar surface area (TPSA) is 320 Å². The van der Waals surface area contributed by atoms with Crippen LogP contribution in [0.15, 0.2) is 109 Å². The van der Waals surface area contributed by atoms with Gasteiger partial charge in [-0.25, -0.2) is 0 Å². The van der Waals surface area contributed by atoms with E-state index in [9.17, 15) is 53.4 Å². The molecule has 21 heteroatoms. The second-order valence-corrected chi connectivity index (χ2v) is 22.4. The van der Waals surface area contributed by atoms with E-state index in [1.807, 2.05) is 107 Å². The number of rotatable bonds is 30. The zero-order valence-electron chi connectivity index (χ0n) is 48.7. The fourth-order valence-electron chi connectivity index (χ4n) is 10.2. The summed E-state index contributed by atoms with van der Waals surface area (Å²) in [6.45, 7) is 10.4. The highest BCUT2D eigenvalue weighted by molar-refractivity contribution is 5.99. The van der Waals surface area contributed by atoms with Crippen molar-refractivity contribution in [2.75, 3.05) is 19.7 Å². The lowest BCUT2D eigenvalue weighted by Gasteiger charge is -2.31. The number of aromatic hydroxyl groups is 1. The largest absolute Gasteiger partial charge is 0.508 e. The van der Waals surface area contributed by atoms with E-state index in [1.54, 1.807) is 6.07 Å². The number of phenolic OH excluding ortho intramolecular Hbond substituents is 1. The first kappa shape index (κ1) is 64.7. The van der Waals surface area contributed by atoms with E-state index in [-0.39, 0.29) is 56.4 Å². The van der Waals surface area contributed by atoms with Crippen molar-refractivity contribution in [1.82, 2.24) is 47.4 Å². The second kappa shape index (κ2) is 31.3. The average Bonchev–Trinajstić information content (AvgIpc) is 4.09. The Morgan fingerprint density at radius 3 is 1.54 bits per heavy atom. The lowest BCUT2D eigenvalue weighted by atomic mass is 9.98. The zero-order chi connectivity index (χ0) is 61.0. The monoisotopic (exact) mass is 1150 g/mol. The van der Waals surface area contributed by atoms with Gasteiger partial charge < -0.3 is 63.4 Å². The van der Waals surface area contributed by atoms with Gasteiger partial charge in [0.15, 0.2) is 0 Å². The molecule has 0 radical (unpaired) electrons. The minimum atomic E-state index is -1.63. The Morgan fingerprint density at radius 2 is 1.02 bits per heavy atom. The number of phenols is 1. The number of carbonyl (C=O) groups excluding carboxylic acids is 9. The molecule has 0 spiro atoms. The van der Waals surface area contributed by atoms with Crippen molar-refractivity contribution < 1.29 is 53.4 Å². The number of nitrogens with one attached hydrogen (secondary N) is 8. The van der Waals surface area contributed by atoms with Gasteiger partial charge >= 0.3 is 0 Å². The first-order valence-electron chi connectivity index (χ1n) is 28.9. The molecule has 21 nitrogen and oxygen atoms in total. The number of hydrogen-bond acceptors (Lipinski definition) is 12. The number of hydrogen-bond donors (Lipinski definition) is 11. The van der Waals surface area contributed by atoms with Crippen LogP contribution in [0, 0.1) is 5.92 Å². The zero-order valence-corrected chi connectivity index (χ0v) is 48.7. The molecular weight excluding hydrogens is 1070 g/mol. The standard InChI is InChI=1S/C63H82N10O11/c1-37(2)30-50(57(78)68-49(18-11-12-28-65-38(3)4)63(84)73-29-13-19-55(73)62(83)66-39(5)56(64)77)69-60(81)53(35-43-21-25-45-15-8-10-17-47(45)32-43)70-59(80)52(33-41-22-26-48(76)27-23-41)71-61(82)54(36-74)72-58(79)51(67-40(6)75)34-42-20-24-44-14-7-9-16-46(44)31-42/h7-10,14-17,20-27,31-32,37-39,49-55,65,74,76H,11-13,18-19,28-30,33-36H2,1-6H3,(H2,64,77)(H,66,83)(H,67,75)(H,68,78)(H,69,81)(H,70,80)(H,71,82)(H,72,79)/t39-,49+,50+,51-,52+,53-,54+,55+/m1/s1. The molecule has 0 bridgehead atoms. The predicted octanol–water partition coefficient (Wildman–Crippen LogP) is 2.84. The number of aliphatic hydroxyl groups is 1. The van der Waals surface area contributed by atoms with Gasteiger partial charge in [0.1, 0.15) is 54.1 Å². The molecular formula is C63H82N10O11. The molecule has 9 amide bonds. The van der Waals surface area contributed by atoms with Crippen molar-refractivity contribution in [3.8, 4) is 5.75 Å². The molecule has 84 heavy (non-hydrogen) atoms. The third kappa shape index (κ3) is 19.3. The van der Waals surface area contributed by atoms with Crippen molar-refractivity contribution in [3.05, 3.63) is 126 Å². The van der Waals surface area contributed by atoms with Crippen LogP contribution in [-0.2, 0) is 62.4 Å². The summed E-state index contributed by atoms with van der Waals surface area (Å²) in [5.74, 6) is -6.61. The van der Waals surface area contributed by atoms with Gasteiger partial charge in [-0.1, -0.05) is 125 Å². The molecule has 1 aliphatic rings. The van der Waals surface area contributed by atoms with Crippen LogP contribution in [0.1, 0.15) is 96.8 Å². The Kier molecular flexibility index (Phi) is 24.1. The molecule has 0 unspecified atom stereocenters. The number of nitrogens with two attached hydrogens (primary N) is 1. The number of carbonyl (C=O) groups is 9. The summed E-state index contributed by atoms with van der Waals surface area (Å²) in [6.07, 6.45) is 2.03. The van der Waals surface area contributed by atoms with Crippen LogP contribution in [-0.4, -0.2) is 142 Å². The van der Waals surface area contributed by atoms with E-state index in [0.29, 0.717) is 48.9 Å². The van der Waals surface area contributed by atoms with E-state index in [2.05, 4.69) is 42.5 Å². The molecule has 1 aliphatic heterocycles. The number of amides is 9. The molecule has 6 rings (SSSR count). The van der Waals surface area contributed by atoms with Crippen molar-refractivity contribution in [2.45, 2.75) is 154 Å². The van der Waals surface area contributed by atoms with Gasteiger partial charge in [0, 0.05) is 38.8 Å². The van der Waals surface area contributed by atoms with Gasteiger partial charge in [-0.05, 0) is 108 Å². The van der Waals surface area contributed by atoms with E-state index < -0.39 is 108 Å². The first-order valence-corrected chi connectivity index (χ1v) is 28.9. The normalized spacial score (nSPS) is 15.7. The minimum Gasteiger partial charge on any atom is -0.508 e. The summed E-state index contributed by atoms with van der Waals surface area (Å²) in [4.78, 5) is 126. The van der Waals surface area contributed by atoms with E-state index in [1.165, 1.54) is 43.0 Å². The van der Waals surface area contributed by atoms with Gasteiger partial charge in [0.05, 0.1) is 6.61 Å². The summed E-state index contributed by atoms with van der Waals surface area (Å²) < 4.78 is 0. The molecule has 450 valence electrons. The molecule has 1 heterocycles. The van der Waals surface area contributed by atoms with Crippen LogP contribution >= 0.6 is 0 Å². The van der Waals surface area contributed by atoms with Gasteiger partial charge in [0.25, 0.3) is 0 Å². The van der Waals surface area contributed by atoms with Crippen LogP contribution in [0.3, 0.4) is 0 Å². The van der Waals surface area contributed by atoms with Crippen LogP contribution in [0.2, 0.25) is 0 Å². The molecule has 0 aliphatic carbocycles. The molecule has 12 N–H and O–H groups in total. The number of unbranched alkanes of at least 4 members (excludes halogenated alkanes) is 1. The number of likely N-dealkylation sites (tertiary alicyclic amines) is 1. The molecule has 1 fully saturated rings. The van der Waals surface area contributed by atoms with E-state index in [0.717, 1.165) is 21.5 Å². The fraction of sp³-hybridized carbons (Fsp3) is 0.444. The SMILES string of the molecule is CC(=O)N[C@H](Cc1ccc2ccccc2c1)C(=O)N[C@@H](CO)C(=O)N[C@@H](Cc1ccc(O)cc1)C(=O)N[C@H](Cc1ccc2ccccc2c1)C(=O)N[C@@H](CC(C)C)C(=O)N[C@@H](CCCCNC(C)C)C(=O)N1CCC[C@H]1C(=O)N[C@H](C)C(N)=O. The van der Waals surface area contributed by atoms with Gasteiger partial charge in [0.2, 0.25) is 53.2 Å². The maximum absolute atomic E-state index is 15.0. The Morgan fingerprint density at radius 1 is 0.560 bits per heavy atom. The second-order valence-electron chi connectivity index (χ2n) is 22.4. The molecule has 0 saturated carbocycles. The third-order valence-electron chi connectivity index (χ3n) is 14.7. The van der Waals surface area contributed by atoms with Gasteiger partial charge in [-0.15, -0.1) is 0 Å². The van der Waals surface area contributed by atoms with Crippen molar-refractivity contribution >= 4 is 74.7 Å². The lowest BCUT2D eigenvalue weighted by Crippen LogP contribution is -2.61. The third-order valence-corrected chi connectivity index (χ3v) is 14.7. The Bertz CT molecular complexity index is 3120. The summed E-state index contributed by atoms with van der Waals surface area (Å²) in [5, 5.41) is 46.7. The highest BCUT2D eigenvalue weighted by atomic mass is 16.3. The first-order chi connectivity index (χ1) is 40.1. The summed E-state index contributed by atoms with van der Waals surface area (Å²) in [5.41, 5.74) is 7.24. The summed E-state index contributed by atoms with van der Waals surface area (Å²) in [7, 11) is 0. The molecule has 5 aromatic carbocycles. The molecule has 8 atom stereocenters. The molecule has 5 aromatic rings. The maximum atomic E-state index is 15.0. The minimum absolute atomic E-state index is 0.0385. The number of fused-ring (bicyclic) bond motifs is 2. The number of aliphatic hydroxyl groups excluding tert-OH is 1. The van der Waals surface area contributed by atoms with Crippen LogP contribution in [0.25, 0.3) is 21.5 Å². The smallest absolute Gasteiger partial charge is 0.245 e. The average molecular weight is 1160 g/mol. The maximum Gasteiger partial charge on any atom is 0.245 e. The summed E-state index contributed by atoms with van der Waals surface area (Å²) in [6, 6.07) is 22.5. The van der Waals surface area contributed by atoms with Crippen molar-refractivity contribution in [3.63, 3.8) is 0 Å². The lowest BCUT2D eigenvalue weighted by molar-refractivity contribution is -0.142. The molecule has 1 saturated heterocycles. The highest BCUT2D eigenvalue weighted by Gasteiger charge is 2.40. The fourth-order valence-corrected chi connectivity index (χ4v) is 10.2. The quantitative estimate of drug-likeness (QED) is 0.0296. The number of primary amides is 1. The number of nitrogens with zero attached hydrogens (tertiary/aromatic N) is 1. The highest BCUT2D eigenvalue weighted by Crippen LogP contribution is 2.23. The van der Waals surface area contributed by atoms with Crippen LogP contribution < -0.4 is 48.3 Å².